The number of rotatable bonds is 6. The zero-order chi connectivity index (χ0) is 13.5. The average Bonchev–Trinajstić information content (AvgIpc) is 2.91. The van der Waals surface area contributed by atoms with Crippen LogP contribution in [0.2, 0.25) is 5.02 Å². The van der Waals surface area contributed by atoms with Crippen LogP contribution in [-0.2, 0) is 11.2 Å². The minimum Gasteiger partial charge on any atom is -0.482 e. The summed E-state index contributed by atoms with van der Waals surface area (Å²) in [6.45, 7) is 0.458. The van der Waals surface area contributed by atoms with Crippen LogP contribution in [0.3, 0.4) is 0 Å². The van der Waals surface area contributed by atoms with E-state index in [2.05, 4.69) is 15.3 Å². The van der Waals surface area contributed by atoms with Crippen LogP contribution in [0, 0.1) is 0 Å². The van der Waals surface area contributed by atoms with E-state index in [1.165, 1.54) is 0 Å². The number of benzene rings is 1. The summed E-state index contributed by atoms with van der Waals surface area (Å²) in [5.41, 5.74) is 0. The first-order chi connectivity index (χ1) is 9.25. The van der Waals surface area contributed by atoms with E-state index in [0.717, 1.165) is 5.82 Å². The second-order valence-corrected chi connectivity index (χ2v) is 4.26. The van der Waals surface area contributed by atoms with Crippen LogP contribution in [0.15, 0.2) is 36.7 Å². The third kappa shape index (κ3) is 4.30. The van der Waals surface area contributed by atoms with E-state index >= 15 is 0 Å². The second-order valence-electron chi connectivity index (χ2n) is 3.85. The number of para-hydroxylation sites is 1. The van der Waals surface area contributed by atoms with Gasteiger partial charge in [-0.3, -0.25) is 4.79 Å². The van der Waals surface area contributed by atoms with Crippen LogP contribution >= 0.6 is 11.6 Å². The molecule has 0 aliphatic carbocycles. The first-order valence-corrected chi connectivity index (χ1v) is 6.26. The molecule has 0 saturated heterocycles. The van der Waals surface area contributed by atoms with Gasteiger partial charge in [0.1, 0.15) is 11.6 Å². The number of amides is 1. The zero-order valence-corrected chi connectivity index (χ0v) is 11.0. The Bertz CT molecular complexity index is 528. The summed E-state index contributed by atoms with van der Waals surface area (Å²) >= 11 is 5.91. The number of imidazole rings is 1. The third-order valence-corrected chi connectivity index (χ3v) is 2.75. The molecule has 0 radical (unpaired) electrons. The van der Waals surface area contributed by atoms with E-state index in [1.54, 1.807) is 36.7 Å². The number of aromatic amines is 1. The first kappa shape index (κ1) is 13.4. The molecule has 6 heteroatoms. The lowest BCUT2D eigenvalue weighted by molar-refractivity contribution is -0.123. The molecule has 5 nitrogen and oxygen atoms in total. The van der Waals surface area contributed by atoms with E-state index in [1.807, 2.05) is 0 Å². The monoisotopic (exact) mass is 279 g/mol. The van der Waals surface area contributed by atoms with E-state index < -0.39 is 0 Å². The van der Waals surface area contributed by atoms with Crippen molar-refractivity contribution in [3.05, 3.63) is 47.5 Å². The minimum atomic E-state index is -0.188. The number of aromatic nitrogens is 2. The highest BCUT2D eigenvalue weighted by Gasteiger charge is 2.05. The SMILES string of the molecule is O=C(COc1ccccc1Cl)NCCc1ncc[nH]1. The predicted molar refractivity (Wildman–Crippen MR) is 72.2 cm³/mol. The van der Waals surface area contributed by atoms with Crippen molar-refractivity contribution in [2.45, 2.75) is 6.42 Å². The Morgan fingerprint density at radius 2 is 2.26 bits per heavy atom. The van der Waals surface area contributed by atoms with E-state index in [4.69, 9.17) is 16.3 Å². The number of hydrogen-bond acceptors (Lipinski definition) is 3. The maximum Gasteiger partial charge on any atom is 0.257 e. The number of halogens is 1. The molecule has 2 rings (SSSR count). The quantitative estimate of drug-likeness (QED) is 0.847. The molecule has 0 unspecified atom stereocenters. The molecule has 2 aromatic rings. The van der Waals surface area contributed by atoms with Gasteiger partial charge in [0.2, 0.25) is 0 Å². The fraction of sp³-hybridized carbons (Fsp3) is 0.231. The van der Waals surface area contributed by atoms with E-state index in [0.29, 0.717) is 23.7 Å². The van der Waals surface area contributed by atoms with Gasteiger partial charge < -0.3 is 15.0 Å². The van der Waals surface area contributed by atoms with Crippen molar-refractivity contribution in [1.29, 1.82) is 0 Å². The molecule has 19 heavy (non-hydrogen) atoms. The lowest BCUT2D eigenvalue weighted by atomic mass is 10.3. The summed E-state index contributed by atoms with van der Waals surface area (Å²) in [6.07, 6.45) is 4.08. The van der Waals surface area contributed by atoms with Crippen molar-refractivity contribution in [3.8, 4) is 5.75 Å². The van der Waals surface area contributed by atoms with Crippen molar-refractivity contribution in [2.75, 3.05) is 13.2 Å². The maximum absolute atomic E-state index is 11.5. The normalized spacial score (nSPS) is 10.2. The van der Waals surface area contributed by atoms with Gasteiger partial charge in [-0.05, 0) is 12.1 Å². The Balaban J connectivity index is 1.69. The lowest BCUT2D eigenvalue weighted by Crippen LogP contribution is -2.30. The maximum atomic E-state index is 11.5. The van der Waals surface area contributed by atoms with Gasteiger partial charge in [-0.15, -0.1) is 0 Å². The first-order valence-electron chi connectivity index (χ1n) is 5.88. The Morgan fingerprint density at radius 3 is 3.00 bits per heavy atom. The van der Waals surface area contributed by atoms with Crippen molar-refractivity contribution in [1.82, 2.24) is 15.3 Å². The summed E-state index contributed by atoms with van der Waals surface area (Å²) in [4.78, 5) is 18.6. The van der Waals surface area contributed by atoms with Crippen LogP contribution in [0.25, 0.3) is 0 Å². The molecule has 0 atom stereocenters. The largest absolute Gasteiger partial charge is 0.482 e. The van der Waals surface area contributed by atoms with Gasteiger partial charge in [0.15, 0.2) is 6.61 Å². The van der Waals surface area contributed by atoms with Gasteiger partial charge >= 0.3 is 0 Å². The molecule has 0 bridgehead atoms. The molecule has 0 aliphatic rings. The minimum absolute atomic E-state index is 0.0537. The molecule has 0 spiro atoms. The van der Waals surface area contributed by atoms with Crippen molar-refractivity contribution < 1.29 is 9.53 Å². The second kappa shape index (κ2) is 6.80. The number of nitrogens with one attached hydrogen (secondary N) is 2. The Labute approximate surface area is 116 Å². The number of nitrogens with zero attached hydrogens (tertiary/aromatic N) is 1. The highest BCUT2D eigenvalue weighted by atomic mass is 35.5. The highest BCUT2D eigenvalue weighted by Crippen LogP contribution is 2.22. The fourth-order valence-electron chi connectivity index (χ4n) is 1.51. The predicted octanol–water partition coefficient (Wildman–Crippen LogP) is 1.80. The summed E-state index contributed by atoms with van der Waals surface area (Å²) in [5.74, 6) is 1.16. The van der Waals surface area contributed by atoms with Crippen molar-refractivity contribution >= 4 is 17.5 Å². The standard InChI is InChI=1S/C13H14ClN3O2/c14-10-3-1-2-4-11(10)19-9-13(18)17-6-5-12-15-7-8-16-12/h1-4,7-8H,5-6,9H2,(H,15,16)(H,17,18). The molecule has 0 aliphatic heterocycles. The summed E-state index contributed by atoms with van der Waals surface area (Å²) in [6, 6.07) is 7.04. The van der Waals surface area contributed by atoms with Gasteiger partial charge in [-0.25, -0.2) is 4.98 Å². The Hall–Kier alpha value is -2.01. The average molecular weight is 280 g/mol. The van der Waals surface area contributed by atoms with E-state index in [-0.39, 0.29) is 12.5 Å². The van der Waals surface area contributed by atoms with E-state index in [9.17, 15) is 4.79 Å². The molecule has 0 fully saturated rings. The molecule has 2 N–H and O–H groups in total. The smallest absolute Gasteiger partial charge is 0.257 e. The Morgan fingerprint density at radius 1 is 1.42 bits per heavy atom. The Kier molecular flexibility index (Phi) is 4.80. The number of ether oxygens (including phenoxy) is 1. The van der Waals surface area contributed by atoms with Gasteiger partial charge in [0, 0.05) is 25.4 Å². The summed E-state index contributed by atoms with van der Waals surface area (Å²) in [7, 11) is 0. The van der Waals surface area contributed by atoms with Gasteiger partial charge in [-0.1, -0.05) is 23.7 Å². The molecule has 1 aromatic carbocycles. The molecule has 1 aromatic heterocycles. The molecular weight excluding hydrogens is 266 g/mol. The number of H-pyrrole nitrogens is 1. The lowest BCUT2D eigenvalue weighted by Gasteiger charge is -2.08. The van der Waals surface area contributed by atoms with Gasteiger partial charge in [-0.2, -0.15) is 0 Å². The van der Waals surface area contributed by atoms with Crippen LogP contribution in [0.5, 0.6) is 5.75 Å². The zero-order valence-electron chi connectivity index (χ0n) is 10.2. The number of hydrogen-bond donors (Lipinski definition) is 2. The molecule has 1 heterocycles. The molecule has 0 saturated carbocycles. The number of carbonyl (C=O) groups is 1. The van der Waals surface area contributed by atoms with Crippen LogP contribution in [0.1, 0.15) is 5.82 Å². The summed E-state index contributed by atoms with van der Waals surface area (Å²) < 4.78 is 5.32. The van der Waals surface area contributed by atoms with Crippen LogP contribution in [-0.4, -0.2) is 29.0 Å². The highest BCUT2D eigenvalue weighted by molar-refractivity contribution is 6.32. The van der Waals surface area contributed by atoms with Crippen molar-refractivity contribution in [2.24, 2.45) is 0 Å². The summed E-state index contributed by atoms with van der Waals surface area (Å²) in [5, 5.41) is 3.24. The van der Waals surface area contributed by atoms with Gasteiger partial charge in [0.05, 0.1) is 5.02 Å². The van der Waals surface area contributed by atoms with Crippen molar-refractivity contribution in [3.63, 3.8) is 0 Å². The fourth-order valence-corrected chi connectivity index (χ4v) is 1.70. The van der Waals surface area contributed by atoms with Crippen LogP contribution in [0.4, 0.5) is 0 Å². The van der Waals surface area contributed by atoms with Crippen LogP contribution < -0.4 is 10.1 Å². The topological polar surface area (TPSA) is 67.0 Å². The number of carbonyl (C=O) groups excluding carboxylic acids is 1. The van der Waals surface area contributed by atoms with Gasteiger partial charge in [0.25, 0.3) is 5.91 Å². The molecule has 1 amide bonds. The third-order valence-electron chi connectivity index (χ3n) is 2.43. The molecular formula is C13H14ClN3O2. The molecule has 100 valence electrons.